The van der Waals surface area contributed by atoms with E-state index in [1.807, 2.05) is 0 Å². The van der Waals surface area contributed by atoms with E-state index in [1.54, 1.807) is 13.0 Å². The van der Waals surface area contributed by atoms with Crippen LogP contribution in [0.25, 0.3) is 0 Å². The van der Waals surface area contributed by atoms with Gasteiger partial charge in [-0.1, -0.05) is 6.07 Å². The number of hydrogen-bond donors (Lipinski definition) is 2. The third kappa shape index (κ3) is 3.26. The summed E-state index contributed by atoms with van der Waals surface area (Å²) in [4.78, 5) is 11.1. The molecule has 0 aliphatic carbocycles. The molecule has 0 heterocycles. The molecule has 74 valence electrons. The highest BCUT2D eigenvalue weighted by Gasteiger charge is 1.99. The van der Waals surface area contributed by atoms with Gasteiger partial charge in [0, 0.05) is 17.5 Å². The second-order valence-electron chi connectivity index (χ2n) is 2.89. The number of rotatable bonds is 2. The summed E-state index contributed by atoms with van der Waals surface area (Å²) in [7, 11) is 0. The SMILES string of the molecule is C/C(N)=C/C(=O)Nc1cccc(F)c1. The van der Waals surface area contributed by atoms with Gasteiger partial charge in [-0.3, -0.25) is 4.79 Å². The molecule has 3 N–H and O–H groups in total. The maximum atomic E-state index is 12.7. The molecule has 1 aromatic rings. The van der Waals surface area contributed by atoms with Crippen molar-refractivity contribution in [2.24, 2.45) is 5.73 Å². The van der Waals surface area contributed by atoms with Crippen LogP contribution >= 0.6 is 0 Å². The fraction of sp³-hybridized carbons (Fsp3) is 0.100. The first kappa shape index (κ1) is 10.2. The van der Waals surface area contributed by atoms with Crippen LogP contribution in [0.15, 0.2) is 36.0 Å². The number of nitrogens with two attached hydrogens (primary N) is 1. The summed E-state index contributed by atoms with van der Waals surface area (Å²) in [5.74, 6) is -0.758. The van der Waals surface area contributed by atoms with Crippen LogP contribution in [-0.2, 0) is 4.79 Å². The summed E-state index contributed by atoms with van der Waals surface area (Å²) in [5, 5.41) is 2.48. The molecule has 0 aliphatic heterocycles. The molecule has 1 aromatic carbocycles. The van der Waals surface area contributed by atoms with Gasteiger partial charge in [0.05, 0.1) is 0 Å². The van der Waals surface area contributed by atoms with E-state index < -0.39 is 5.82 Å². The molecule has 4 heteroatoms. The van der Waals surface area contributed by atoms with Crippen LogP contribution in [0.1, 0.15) is 6.92 Å². The van der Waals surface area contributed by atoms with E-state index in [2.05, 4.69) is 5.32 Å². The van der Waals surface area contributed by atoms with Crippen molar-refractivity contribution in [3.8, 4) is 0 Å². The highest BCUT2D eigenvalue weighted by molar-refractivity contribution is 5.99. The Hall–Kier alpha value is -1.84. The van der Waals surface area contributed by atoms with E-state index in [-0.39, 0.29) is 5.91 Å². The zero-order valence-electron chi connectivity index (χ0n) is 7.75. The van der Waals surface area contributed by atoms with Crippen molar-refractivity contribution in [3.63, 3.8) is 0 Å². The van der Waals surface area contributed by atoms with Crippen molar-refractivity contribution in [1.82, 2.24) is 0 Å². The van der Waals surface area contributed by atoms with E-state index in [0.29, 0.717) is 11.4 Å². The molecule has 0 saturated carbocycles. The second-order valence-corrected chi connectivity index (χ2v) is 2.89. The van der Waals surface area contributed by atoms with Gasteiger partial charge in [0.15, 0.2) is 0 Å². The molecule has 0 spiro atoms. The van der Waals surface area contributed by atoms with Crippen molar-refractivity contribution < 1.29 is 9.18 Å². The van der Waals surface area contributed by atoms with Crippen molar-refractivity contribution in [3.05, 3.63) is 41.9 Å². The number of hydrogen-bond acceptors (Lipinski definition) is 2. The molecule has 0 unspecified atom stereocenters. The molecular weight excluding hydrogens is 183 g/mol. The molecule has 0 radical (unpaired) electrons. The lowest BCUT2D eigenvalue weighted by molar-refractivity contribution is -0.111. The molecule has 0 aliphatic rings. The van der Waals surface area contributed by atoms with Gasteiger partial charge in [-0.15, -0.1) is 0 Å². The number of carbonyl (C=O) groups excluding carboxylic acids is 1. The van der Waals surface area contributed by atoms with E-state index >= 15 is 0 Å². The Balaban J connectivity index is 2.70. The fourth-order valence-electron chi connectivity index (χ4n) is 0.951. The lowest BCUT2D eigenvalue weighted by Crippen LogP contribution is -2.10. The van der Waals surface area contributed by atoms with Gasteiger partial charge >= 0.3 is 0 Å². The lowest BCUT2D eigenvalue weighted by Gasteiger charge is -2.01. The molecule has 0 atom stereocenters. The van der Waals surface area contributed by atoms with Crippen LogP contribution in [0.5, 0.6) is 0 Å². The highest BCUT2D eigenvalue weighted by Crippen LogP contribution is 2.08. The maximum Gasteiger partial charge on any atom is 0.250 e. The molecule has 0 bridgehead atoms. The van der Waals surface area contributed by atoms with Gasteiger partial charge in [-0.05, 0) is 25.1 Å². The van der Waals surface area contributed by atoms with Crippen LogP contribution in [0.3, 0.4) is 0 Å². The fourth-order valence-corrected chi connectivity index (χ4v) is 0.951. The summed E-state index contributed by atoms with van der Waals surface area (Å²) in [6, 6.07) is 5.65. The summed E-state index contributed by atoms with van der Waals surface area (Å²) in [5.41, 5.74) is 6.11. The number of amides is 1. The number of anilines is 1. The summed E-state index contributed by atoms with van der Waals surface area (Å²) in [6.45, 7) is 1.60. The number of allylic oxidation sites excluding steroid dienone is 1. The Morgan fingerprint density at radius 3 is 2.86 bits per heavy atom. The summed E-state index contributed by atoms with van der Waals surface area (Å²) in [6.07, 6.45) is 1.24. The minimum Gasteiger partial charge on any atom is -0.402 e. The number of carbonyl (C=O) groups is 1. The Morgan fingerprint density at radius 1 is 1.57 bits per heavy atom. The Morgan fingerprint density at radius 2 is 2.29 bits per heavy atom. The van der Waals surface area contributed by atoms with Crippen LogP contribution in [0, 0.1) is 5.82 Å². The third-order valence-corrected chi connectivity index (χ3v) is 1.45. The average Bonchev–Trinajstić information content (AvgIpc) is 2.01. The van der Waals surface area contributed by atoms with E-state index in [4.69, 9.17) is 5.73 Å². The Kier molecular flexibility index (Phi) is 3.23. The number of nitrogens with one attached hydrogen (secondary N) is 1. The molecular formula is C10H11FN2O. The molecule has 0 fully saturated rings. The third-order valence-electron chi connectivity index (χ3n) is 1.45. The van der Waals surface area contributed by atoms with Crippen molar-refractivity contribution in [1.29, 1.82) is 0 Å². The normalized spacial score (nSPS) is 11.1. The Labute approximate surface area is 81.4 Å². The zero-order chi connectivity index (χ0) is 10.6. The number of halogens is 1. The minimum absolute atomic E-state index is 0.365. The zero-order valence-corrected chi connectivity index (χ0v) is 7.75. The predicted octanol–water partition coefficient (Wildman–Crippen LogP) is 1.63. The van der Waals surface area contributed by atoms with Crippen LogP contribution in [0.4, 0.5) is 10.1 Å². The highest BCUT2D eigenvalue weighted by atomic mass is 19.1. The topological polar surface area (TPSA) is 55.1 Å². The monoisotopic (exact) mass is 194 g/mol. The standard InChI is InChI=1S/C10H11FN2O/c1-7(12)5-10(14)13-9-4-2-3-8(11)6-9/h2-6H,12H2,1H3,(H,13,14)/b7-5-. The quantitative estimate of drug-likeness (QED) is 0.703. The molecule has 1 amide bonds. The van der Waals surface area contributed by atoms with Crippen LogP contribution < -0.4 is 11.1 Å². The molecule has 14 heavy (non-hydrogen) atoms. The van der Waals surface area contributed by atoms with Gasteiger partial charge in [0.25, 0.3) is 0 Å². The van der Waals surface area contributed by atoms with E-state index in [0.717, 1.165) is 0 Å². The van der Waals surface area contributed by atoms with Crippen molar-refractivity contribution in [2.45, 2.75) is 6.92 Å². The average molecular weight is 194 g/mol. The minimum atomic E-state index is -0.392. The summed E-state index contributed by atoms with van der Waals surface area (Å²) >= 11 is 0. The van der Waals surface area contributed by atoms with Gasteiger partial charge in [-0.2, -0.15) is 0 Å². The van der Waals surface area contributed by atoms with Crippen LogP contribution in [-0.4, -0.2) is 5.91 Å². The first-order valence-corrected chi connectivity index (χ1v) is 4.08. The molecule has 0 aromatic heterocycles. The predicted molar refractivity (Wildman–Crippen MR) is 53.0 cm³/mol. The Bertz CT molecular complexity index is 370. The van der Waals surface area contributed by atoms with Gasteiger partial charge in [0.2, 0.25) is 5.91 Å². The van der Waals surface area contributed by atoms with Crippen molar-refractivity contribution >= 4 is 11.6 Å². The molecule has 0 saturated heterocycles. The first-order chi connectivity index (χ1) is 6.58. The van der Waals surface area contributed by atoms with E-state index in [1.165, 1.54) is 24.3 Å². The molecule has 3 nitrogen and oxygen atoms in total. The maximum absolute atomic E-state index is 12.7. The van der Waals surface area contributed by atoms with Crippen molar-refractivity contribution in [2.75, 3.05) is 5.32 Å². The first-order valence-electron chi connectivity index (χ1n) is 4.08. The second kappa shape index (κ2) is 4.41. The lowest BCUT2D eigenvalue weighted by atomic mass is 10.3. The number of benzene rings is 1. The van der Waals surface area contributed by atoms with Gasteiger partial charge in [0.1, 0.15) is 5.82 Å². The van der Waals surface area contributed by atoms with Crippen LogP contribution in [0.2, 0.25) is 0 Å². The smallest absolute Gasteiger partial charge is 0.250 e. The largest absolute Gasteiger partial charge is 0.402 e. The summed E-state index contributed by atoms with van der Waals surface area (Å²) < 4.78 is 12.7. The van der Waals surface area contributed by atoms with Gasteiger partial charge < -0.3 is 11.1 Å². The molecule has 1 rings (SSSR count). The van der Waals surface area contributed by atoms with E-state index in [9.17, 15) is 9.18 Å². The van der Waals surface area contributed by atoms with Gasteiger partial charge in [-0.25, -0.2) is 4.39 Å².